The van der Waals surface area contributed by atoms with Gasteiger partial charge in [0, 0.05) is 4.91 Å². The number of methoxy groups -OCH3 is 1. The van der Waals surface area contributed by atoms with Crippen LogP contribution in [0.3, 0.4) is 0 Å². The van der Waals surface area contributed by atoms with Gasteiger partial charge in [0.15, 0.2) is 6.04 Å². The molecule has 1 aliphatic rings. The van der Waals surface area contributed by atoms with E-state index in [1.165, 1.54) is 12.0 Å². The zero-order valence-corrected chi connectivity index (χ0v) is 14.7. The van der Waals surface area contributed by atoms with Crippen LogP contribution in [0.1, 0.15) is 17.2 Å². The van der Waals surface area contributed by atoms with Crippen LogP contribution in [0.5, 0.6) is 0 Å². The van der Waals surface area contributed by atoms with E-state index in [4.69, 9.17) is 10.3 Å². The number of benzene rings is 2. The van der Waals surface area contributed by atoms with Crippen LogP contribution in [0.2, 0.25) is 0 Å². The smallest absolute Gasteiger partial charge is 0.333 e. The van der Waals surface area contributed by atoms with Crippen LogP contribution < -0.4 is 0 Å². The number of likely N-dealkylation sites (tertiary alicyclic amines) is 1. The summed E-state index contributed by atoms with van der Waals surface area (Å²) in [6.07, 6.45) is 3.61. The first-order chi connectivity index (χ1) is 13.2. The largest absolute Gasteiger partial charge is 0.467 e. The zero-order valence-electron chi connectivity index (χ0n) is 14.7. The number of azide groups is 1. The standard InChI is InChI=1S/C20H18N4O3/c1-27-20(26)18(15-10-6-3-7-11-15)24-16(17(19(24)25)22-23-21)13-12-14-8-4-2-5-9-14/h2-13,16-18H,1H3/b13-12+. The fourth-order valence-corrected chi connectivity index (χ4v) is 3.12. The maximum atomic E-state index is 12.6. The molecule has 3 atom stereocenters. The molecule has 0 aliphatic carbocycles. The summed E-state index contributed by atoms with van der Waals surface area (Å²) in [5.74, 6) is -0.957. The lowest BCUT2D eigenvalue weighted by Crippen LogP contribution is -2.65. The van der Waals surface area contributed by atoms with Gasteiger partial charge < -0.3 is 9.64 Å². The lowest BCUT2D eigenvalue weighted by atomic mass is 9.89. The first-order valence-corrected chi connectivity index (χ1v) is 8.39. The number of β-lactam (4-membered cyclic amide) rings is 1. The Morgan fingerprint density at radius 3 is 2.41 bits per heavy atom. The number of esters is 1. The first-order valence-electron chi connectivity index (χ1n) is 8.39. The SMILES string of the molecule is COC(=O)C(c1ccccc1)N1C(=O)C(N=[N+]=[N-])C1/C=C/c1ccccc1. The van der Waals surface area contributed by atoms with Gasteiger partial charge in [0.1, 0.15) is 6.04 Å². The van der Waals surface area contributed by atoms with Crippen molar-refractivity contribution in [2.45, 2.75) is 18.1 Å². The van der Waals surface area contributed by atoms with Gasteiger partial charge in [-0.25, -0.2) is 4.79 Å². The van der Waals surface area contributed by atoms with Gasteiger partial charge in [0.2, 0.25) is 5.91 Å². The molecule has 1 saturated heterocycles. The molecule has 7 nitrogen and oxygen atoms in total. The number of hydrogen-bond donors (Lipinski definition) is 0. The Kier molecular flexibility index (Phi) is 5.54. The second kappa shape index (κ2) is 8.21. The lowest BCUT2D eigenvalue weighted by Gasteiger charge is -2.47. The van der Waals surface area contributed by atoms with Crippen LogP contribution in [-0.4, -0.2) is 36.0 Å². The lowest BCUT2D eigenvalue weighted by molar-refractivity contribution is -0.163. The van der Waals surface area contributed by atoms with E-state index in [2.05, 4.69) is 10.0 Å². The molecule has 2 aromatic carbocycles. The Labute approximate surface area is 156 Å². The molecule has 0 N–H and O–H groups in total. The van der Waals surface area contributed by atoms with Gasteiger partial charge in [-0.05, 0) is 16.7 Å². The van der Waals surface area contributed by atoms with Crippen molar-refractivity contribution in [1.82, 2.24) is 4.90 Å². The Bertz CT molecular complexity index is 892. The molecule has 0 radical (unpaired) electrons. The van der Waals surface area contributed by atoms with Crippen LogP contribution >= 0.6 is 0 Å². The van der Waals surface area contributed by atoms with Crippen LogP contribution in [0.15, 0.2) is 71.9 Å². The van der Waals surface area contributed by atoms with Gasteiger partial charge in [0.05, 0.1) is 13.2 Å². The van der Waals surface area contributed by atoms with Crippen LogP contribution in [-0.2, 0) is 14.3 Å². The van der Waals surface area contributed by atoms with E-state index >= 15 is 0 Å². The summed E-state index contributed by atoms with van der Waals surface area (Å²) in [6, 6.07) is 16.1. The molecule has 2 aromatic rings. The third kappa shape index (κ3) is 3.68. The number of carbonyl (C=O) groups excluding carboxylic acids is 2. The number of rotatable bonds is 6. The fourth-order valence-electron chi connectivity index (χ4n) is 3.12. The number of hydrogen-bond acceptors (Lipinski definition) is 4. The van der Waals surface area contributed by atoms with E-state index in [1.54, 1.807) is 30.3 Å². The van der Waals surface area contributed by atoms with Gasteiger partial charge in [-0.2, -0.15) is 0 Å². The molecule has 3 rings (SSSR count). The summed E-state index contributed by atoms with van der Waals surface area (Å²) in [7, 11) is 1.28. The van der Waals surface area contributed by atoms with Crippen LogP contribution in [0.4, 0.5) is 0 Å². The second-order valence-corrected chi connectivity index (χ2v) is 5.99. The molecule has 0 spiro atoms. The highest BCUT2D eigenvalue weighted by atomic mass is 16.5. The average Bonchev–Trinajstić information content (AvgIpc) is 2.72. The third-order valence-corrected chi connectivity index (χ3v) is 4.43. The number of carbonyl (C=O) groups is 2. The highest BCUT2D eigenvalue weighted by Gasteiger charge is 2.51. The quantitative estimate of drug-likeness (QED) is 0.259. The van der Waals surface area contributed by atoms with Crippen molar-refractivity contribution in [2.24, 2.45) is 5.11 Å². The molecule has 1 fully saturated rings. The molecule has 0 saturated carbocycles. The molecule has 1 heterocycles. The predicted octanol–water partition coefficient (Wildman–Crippen LogP) is 3.50. The fraction of sp³-hybridized carbons (Fsp3) is 0.200. The number of nitrogens with zero attached hydrogens (tertiary/aromatic N) is 4. The highest BCUT2D eigenvalue weighted by Crippen LogP contribution is 2.35. The monoisotopic (exact) mass is 362 g/mol. The minimum absolute atomic E-state index is 0.408. The van der Waals surface area contributed by atoms with Crippen molar-refractivity contribution in [3.63, 3.8) is 0 Å². The first kappa shape index (κ1) is 18.2. The topological polar surface area (TPSA) is 95.4 Å². The van der Waals surface area contributed by atoms with E-state index in [9.17, 15) is 9.59 Å². The van der Waals surface area contributed by atoms with Crippen molar-refractivity contribution < 1.29 is 14.3 Å². The molecule has 27 heavy (non-hydrogen) atoms. The minimum Gasteiger partial charge on any atom is -0.467 e. The molecule has 0 bridgehead atoms. The normalized spacial score (nSPS) is 19.9. The maximum absolute atomic E-state index is 12.6. The summed E-state index contributed by atoms with van der Waals surface area (Å²) < 4.78 is 4.92. The summed E-state index contributed by atoms with van der Waals surface area (Å²) in [5.41, 5.74) is 10.4. The van der Waals surface area contributed by atoms with Crippen LogP contribution in [0.25, 0.3) is 16.5 Å². The van der Waals surface area contributed by atoms with Gasteiger partial charge >= 0.3 is 5.97 Å². The molecular formula is C20H18N4O3. The molecule has 1 amide bonds. The Hall–Kier alpha value is -3.57. The van der Waals surface area contributed by atoms with Crippen molar-refractivity contribution in [2.75, 3.05) is 7.11 Å². The average molecular weight is 362 g/mol. The summed E-state index contributed by atoms with van der Waals surface area (Å²) >= 11 is 0. The zero-order chi connectivity index (χ0) is 19.2. The van der Waals surface area contributed by atoms with Crippen molar-refractivity contribution in [1.29, 1.82) is 0 Å². The summed E-state index contributed by atoms with van der Waals surface area (Å²) in [6.45, 7) is 0. The molecular weight excluding hydrogens is 344 g/mol. The van der Waals surface area contributed by atoms with E-state index in [0.717, 1.165) is 5.56 Å². The van der Waals surface area contributed by atoms with E-state index < -0.39 is 30.0 Å². The Morgan fingerprint density at radius 2 is 1.81 bits per heavy atom. The number of ether oxygens (including phenoxy) is 1. The maximum Gasteiger partial charge on any atom is 0.333 e. The highest BCUT2D eigenvalue weighted by molar-refractivity contribution is 5.95. The predicted molar refractivity (Wildman–Crippen MR) is 100 cm³/mol. The van der Waals surface area contributed by atoms with E-state index in [1.807, 2.05) is 42.5 Å². The van der Waals surface area contributed by atoms with E-state index in [-0.39, 0.29) is 0 Å². The van der Waals surface area contributed by atoms with Gasteiger partial charge in [-0.3, -0.25) is 4.79 Å². The summed E-state index contributed by atoms with van der Waals surface area (Å²) in [5, 5.41) is 3.60. The van der Waals surface area contributed by atoms with Gasteiger partial charge in [0.25, 0.3) is 0 Å². The molecule has 1 aliphatic heterocycles. The molecule has 3 unspecified atom stereocenters. The van der Waals surface area contributed by atoms with Crippen molar-refractivity contribution in [3.05, 3.63) is 88.3 Å². The van der Waals surface area contributed by atoms with Crippen molar-refractivity contribution in [3.8, 4) is 0 Å². The Morgan fingerprint density at radius 1 is 1.19 bits per heavy atom. The minimum atomic E-state index is -0.903. The molecule has 136 valence electrons. The van der Waals surface area contributed by atoms with Crippen LogP contribution in [0, 0.1) is 0 Å². The number of amides is 1. The third-order valence-electron chi connectivity index (χ3n) is 4.43. The molecule has 7 heteroatoms. The van der Waals surface area contributed by atoms with Gasteiger partial charge in [-0.15, -0.1) is 0 Å². The van der Waals surface area contributed by atoms with Crippen molar-refractivity contribution >= 4 is 18.0 Å². The van der Waals surface area contributed by atoms with Gasteiger partial charge in [-0.1, -0.05) is 77.9 Å². The summed E-state index contributed by atoms with van der Waals surface area (Å²) in [4.78, 5) is 29.2. The van der Waals surface area contributed by atoms with E-state index in [0.29, 0.717) is 5.56 Å². The molecule has 0 aromatic heterocycles. The Balaban J connectivity index is 1.96. The second-order valence-electron chi connectivity index (χ2n) is 5.99.